The van der Waals surface area contributed by atoms with Crippen molar-refractivity contribution in [3.05, 3.63) is 0 Å². The summed E-state index contributed by atoms with van der Waals surface area (Å²) in [5, 5.41) is 7.00. The normalized spacial score (nSPS) is 41.8. The highest BCUT2D eigenvalue weighted by Gasteiger charge is 2.51. The van der Waals surface area contributed by atoms with Crippen molar-refractivity contribution < 1.29 is 12.0 Å². The third-order valence-electron chi connectivity index (χ3n) is 6.08. The maximum absolute atomic E-state index is 7.00. The molecule has 0 saturated heterocycles. The molecule has 0 amide bonds. The molecule has 112 valence electrons. The second-order valence-electron chi connectivity index (χ2n) is 7.24. The second-order valence-corrected chi connectivity index (χ2v) is 7.24. The molecule has 0 aromatic carbocycles. The zero-order valence-electron chi connectivity index (χ0n) is 13.2. The van der Waals surface area contributed by atoms with Crippen molar-refractivity contribution in [2.24, 2.45) is 28.6 Å². The van der Waals surface area contributed by atoms with Gasteiger partial charge in [0.15, 0.2) is 0 Å². The summed E-state index contributed by atoms with van der Waals surface area (Å²) in [5.74, 6) is 2.85. The van der Waals surface area contributed by atoms with Crippen LogP contribution in [0.5, 0.6) is 0 Å². The molecule has 0 aliphatic heterocycles. The Morgan fingerprint density at radius 1 is 1.00 bits per heavy atom. The smallest absolute Gasteiger partial charge is 0.0319 e. The van der Waals surface area contributed by atoms with Gasteiger partial charge in [-0.2, -0.15) is 0 Å². The minimum absolute atomic E-state index is 0. The van der Waals surface area contributed by atoms with Crippen LogP contribution in [0.3, 0.4) is 0 Å². The van der Waals surface area contributed by atoms with Gasteiger partial charge in [-0.3, -0.25) is 0 Å². The van der Waals surface area contributed by atoms with E-state index in [2.05, 4.69) is 34.6 Å². The van der Waals surface area contributed by atoms with Gasteiger partial charge in [0.2, 0.25) is 0 Å². The van der Waals surface area contributed by atoms with E-state index in [4.69, 9.17) is 5.11 Å². The van der Waals surface area contributed by atoms with Crippen LogP contribution in [0.15, 0.2) is 0 Å². The Morgan fingerprint density at radius 3 is 2.11 bits per heavy atom. The van der Waals surface area contributed by atoms with Crippen LogP contribution in [0.25, 0.3) is 0 Å². The topological polar surface area (TPSA) is 51.7 Å². The highest BCUT2D eigenvalue weighted by molar-refractivity contribution is 5.01. The number of rotatable bonds is 0. The Kier molecular flexibility index (Phi) is 6.35. The molecular weight excluding hydrogens is 224 g/mol. The zero-order chi connectivity index (χ0) is 13.3. The second kappa shape index (κ2) is 6.38. The molecule has 2 rings (SSSR count). The molecule has 2 aliphatic rings. The molecule has 18 heavy (non-hydrogen) atoms. The van der Waals surface area contributed by atoms with Crippen molar-refractivity contribution in [1.29, 1.82) is 0 Å². The van der Waals surface area contributed by atoms with E-state index >= 15 is 0 Å². The lowest BCUT2D eigenvalue weighted by Gasteiger charge is -2.58. The van der Waals surface area contributed by atoms with E-state index in [9.17, 15) is 0 Å². The minimum atomic E-state index is 0. The van der Waals surface area contributed by atoms with Crippen LogP contribution in [-0.2, 0) is 0 Å². The summed E-state index contributed by atoms with van der Waals surface area (Å²) in [4.78, 5) is 0. The molecule has 0 heterocycles. The molecule has 4 atom stereocenters. The van der Waals surface area contributed by atoms with Gasteiger partial charge in [0.1, 0.15) is 0 Å². The molecule has 2 heteroatoms. The van der Waals surface area contributed by atoms with Crippen molar-refractivity contribution >= 4 is 0 Å². The summed E-state index contributed by atoms with van der Waals surface area (Å²) < 4.78 is 0. The lowest BCUT2D eigenvalue weighted by Crippen LogP contribution is -2.50. The van der Waals surface area contributed by atoms with Gasteiger partial charge in [-0.15, -0.1) is 0 Å². The molecule has 0 aromatic rings. The van der Waals surface area contributed by atoms with Gasteiger partial charge in [-0.1, -0.05) is 47.5 Å². The molecule has 2 aliphatic carbocycles. The molecule has 0 spiro atoms. The summed E-state index contributed by atoms with van der Waals surface area (Å²) in [6.45, 7) is 12.6. The Bertz CT molecular complexity index is 255. The van der Waals surface area contributed by atoms with E-state index in [0.717, 1.165) is 24.9 Å². The van der Waals surface area contributed by atoms with Gasteiger partial charge >= 0.3 is 0 Å². The van der Waals surface area contributed by atoms with E-state index in [0.29, 0.717) is 10.8 Å². The van der Waals surface area contributed by atoms with Crippen LogP contribution in [0.2, 0.25) is 0 Å². The first-order valence-electron chi connectivity index (χ1n) is 7.32. The SMILES string of the molecule is CC1CCC2C(C)(C)CCCC2(C)C1C.CO.O.[HH]. The molecule has 0 radical (unpaired) electrons. The van der Waals surface area contributed by atoms with Crippen LogP contribution in [0.1, 0.15) is 68.1 Å². The third-order valence-corrected chi connectivity index (χ3v) is 6.08. The summed E-state index contributed by atoms with van der Waals surface area (Å²) in [6, 6.07) is 0. The molecule has 2 fully saturated rings. The molecule has 3 N–H and O–H groups in total. The largest absolute Gasteiger partial charge is 0.412 e. The van der Waals surface area contributed by atoms with Crippen molar-refractivity contribution in [3.63, 3.8) is 0 Å². The van der Waals surface area contributed by atoms with Gasteiger partial charge in [0, 0.05) is 8.54 Å². The van der Waals surface area contributed by atoms with Crippen LogP contribution in [0, 0.1) is 28.6 Å². The summed E-state index contributed by atoms with van der Waals surface area (Å²) in [5.41, 5.74) is 1.24. The van der Waals surface area contributed by atoms with E-state index in [-0.39, 0.29) is 6.90 Å². The van der Waals surface area contributed by atoms with Crippen LogP contribution < -0.4 is 0 Å². The Morgan fingerprint density at radius 2 is 1.56 bits per heavy atom. The van der Waals surface area contributed by atoms with Gasteiger partial charge in [-0.25, -0.2) is 0 Å². The fourth-order valence-electron chi connectivity index (χ4n) is 4.76. The average Bonchev–Trinajstić information content (AvgIpc) is 2.27. The van der Waals surface area contributed by atoms with Crippen LogP contribution in [-0.4, -0.2) is 17.7 Å². The van der Waals surface area contributed by atoms with Crippen molar-refractivity contribution in [2.45, 2.75) is 66.7 Å². The number of aliphatic hydroxyl groups is 1. The standard InChI is InChI=1S/C15H28.CH4O.H2O.H2/c1-11-7-8-13-14(3,4)9-6-10-15(13,5)12(11)2;1-2;;/h11-13H,6-10H2,1-5H3;2H,1H3;1H2;1H. The van der Waals surface area contributed by atoms with Gasteiger partial charge in [-0.05, 0) is 47.8 Å². The van der Waals surface area contributed by atoms with Gasteiger partial charge in [0.05, 0.1) is 0 Å². The van der Waals surface area contributed by atoms with Crippen LogP contribution >= 0.6 is 0 Å². The van der Waals surface area contributed by atoms with E-state index in [1.165, 1.54) is 32.1 Å². The van der Waals surface area contributed by atoms with Crippen molar-refractivity contribution in [2.75, 3.05) is 7.11 Å². The molecule has 0 aromatic heterocycles. The van der Waals surface area contributed by atoms with Gasteiger partial charge in [0.25, 0.3) is 0 Å². The Labute approximate surface area is 115 Å². The molecule has 2 nitrogen and oxygen atoms in total. The maximum atomic E-state index is 7.00. The highest BCUT2D eigenvalue weighted by Crippen LogP contribution is 2.60. The fourth-order valence-corrected chi connectivity index (χ4v) is 4.76. The van der Waals surface area contributed by atoms with Crippen molar-refractivity contribution in [3.8, 4) is 0 Å². The maximum Gasteiger partial charge on any atom is 0.0319 e. The van der Waals surface area contributed by atoms with E-state index < -0.39 is 0 Å². The highest BCUT2D eigenvalue weighted by atomic mass is 16.2. The summed E-state index contributed by atoms with van der Waals surface area (Å²) >= 11 is 0. The first kappa shape index (κ1) is 17.9. The molecule has 2 saturated carbocycles. The predicted molar refractivity (Wildman–Crippen MR) is 80.7 cm³/mol. The van der Waals surface area contributed by atoms with E-state index in [1.807, 2.05) is 0 Å². The lowest BCUT2D eigenvalue weighted by atomic mass is 9.47. The predicted octanol–water partition coefficient (Wildman–Crippen LogP) is 3.91. The number of aliphatic hydroxyl groups excluding tert-OH is 1. The monoisotopic (exact) mass is 260 g/mol. The first-order valence-corrected chi connectivity index (χ1v) is 7.32. The van der Waals surface area contributed by atoms with Crippen molar-refractivity contribution in [1.82, 2.24) is 0 Å². The van der Waals surface area contributed by atoms with E-state index in [1.54, 1.807) is 0 Å². The lowest BCUT2D eigenvalue weighted by molar-refractivity contribution is -0.0868. The first-order chi connectivity index (χ1) is 7.88. The Hall–Kier alpha value is -0.0800. The number of fused-ring (bicyclic) bond motifs is 1. The van der Waals surface area contributed by atoms with Crippen LogP contribution in [0.4, 0.5) is 0 Å². The summed E-state index contributed by atoms with van der Waals surface area (Å²) in [7, 11) is 1.00. The average molecular weight is 260 g/mol. The third kappa shape index (κ3) is 2.91. The fraction of sp³-hybridized carbons (Fsp3) is 1.00. The summed E-state index contributed by atoms with van der Waals surface area (Å²) in [6.07, 6.45) is 7.33. The molecule has 4 unspecified atom stereocenters. The number of hydrogen-bond donors (Lipinski definition) is 1. The molecule has 0 bridgehead atoms. The number of hydrogen-bond acceptors (Lipinski definition) is 1. The minimum Gasteiger partial charge on any atom is -0.412 e. The van der Waals surface area contributed by atoms with Gasteiger partial charge < -0.3 is 10.6 Å². The zero-order valence-corrected chi connectivity index (χ0v) is 13.2. The Balaban J connectivity index is 0. The molecular formula is C16H36O2. The quantitative estimate of drug-likeness (QED) is 0.705.